The average molecular weight is 339 g/mol. The van der Waals surface area contributed by atoms with Gasteiger partial charge >= 0.3 is 0 Å². The van der Waals surface area contributed by atoms with E-state index in [1.807, 2.05) is 54.2 Å². The van der Waals surface area contributed by atoms with Crippen molar-refractivity contribution in [2.45, 2.75) is 27.2 Å². The minimum atomic E-state index is 0.598. The van der Waals surface area contributed by atoms with Crippen molar-refractivity contribution in [1.82, 2.24) is 4.68 Å². The third kappa shape index (κ3) is 3.41. The highest BCUT2D eigenvalue weighted by Crippen LogP contribution is 2.28. The number of thiazole rings is 1. The monoisotopic (exact) mass is 339 g/mol. The fraction of sp³-hybridized carbons (Fsp3) is 0.263. The third-order valence-electron chi connectivity index (χ3n) is 3.63. The number of aromatic nitrogens is 1. The second-order valence-electron chi connectivity index (χ2n) is 5.83. The van der Waals surface area contributed by atoms with Crippen LogP contribution in [0.2, 0.25) is 0 Å². The summed E-state index contributed by atoms with van der Waals surface area (Å²) in [6.45, 7) is 10.6. The van der Waals surface area contributed by atoms with Gasteiger partial charge in [-0.05, 0) is 32.4 Å². The molecule has 1 aromatic carbocycles. The Balaban J connectivity index is 2.16. The lowest BCUT2D eigenvalue weighted by Gasteiger charge is -2.02. The normalized spacial score (nSPS) is 13.0. The molecular weight excluding hydrogens is 318 g/mol. The van der Waals surface area contributed by atoms with Crippen LogP contribution in [0.25, 0.3) is 22.4 Å². The number of para-hydroxylation sites is 1. The first-order chi connectivity index (χ1) is 11.6. The Labute approximate surface area is 145 Å². The maximum absolute atomic E-state index is 6.01. The molecule has 0 aliphatic heterocycles. The maximum Gasteiger partial charge on any atom is 0.206 e. The summed E-state index contributed by atoms with van der Waals surface area (Å²) in [4.78, 5) is 5.47. The van der Waals surface area contributed by atoms with Gasteiger partial charge in [0.15, 0.2) is 5.76 Å². The molecule has 0 fully saturated rings. The van der Waals surface area contributed by atoms with Crippen LogP contribution in [-0.4, -0.2) is 16.9 Å². The van der Waals surface area contributed by atoms with Crippen molar-refractivity contribution in [3.8, 4) is 11.5 Å². The Kier molecular flexibility index (Phi) is 4.81. The zero-order valence-electron chi connectivity index (χ0n) is 14.2. The van der Waals surface area contributed by atoms with Gasteiger partial charge in [-0.1, -0.05) is 37.3 Å². The first-order valence-corrected chi connectivity index (χ1v) is 8.85. The Hall–Kier alpha value is -2.40. The van der Waals surface area contributed by atoms with Gasteiger partial charge in [0.05, 0.1) is 6.54 Å². The summed E-state index contributed by atoms with van der Waals surface area (Å²) in [5.41, 5.74) is 3.87. The Morgan fingerprint density at radius 2 is 2.08 bits per heavy atom. The SMILES string of the molecule is C=C(C)CN=c1scc(-c2cc3ccccc3o2)n1N=C(C)CC. The number of nitrogens with zero attached hydrogens (tertiary/aromatic N) is 3. The van der Waals surface area contributed by atoms with Crippen molar-refractivity contribution in [2.24, 2.45) is 10.1 Å². The number of fused-ring (bicyclic) bond motifs is 1. The summed E-state index contributed by atoms with van der Waals surface area (Å²) in [6, 6.07) is 10.1. The predicted octanol–water partition coefficient (Wildman–Crippen LogP) is 5.07. The molecule has 0 saturated heterocycles. The van der Waals surface area contributed by atoms with Crippen molar-refractivity contribution in [2.75, 3.05) is 6.54 Å². The fourth-order valence-corrected chi connectivity index (χ4v) is 3.04. The molecule has 0 amide bonds. The molecule has 0 aliphatic carbocycles. The van der Waals surface area contributed by atoms with Gasteiger partial charge in [0.2, 0.25) is 4.80 Å². The van der Waals surface area contributed by atoms with E-state index in [0.717, 1.165) is 44.9 Å². The molecule has 0 spiro atoms. The van der Waals surface area contributed by atoms with Crippen molar-refractivity contribution in [3.05, 3.63) is 52.7 Å². The Bertz CT molecular complexity index is 939. The van der Waals surface area contributed by atoms with Crippen LogP contribution < -0.4 is 4.80 Å². The first-order valence-electron chi connectivity index (χ1n) is 7.97. The van der Waals surface area contributed by atoms with Crippen LogP contribution in [0.3, 0.4) is 0 Å². The zero-order chi connectivity index (χ0) is 17.1. The molecule has 5 heteroatoms. The molecule has 4 nitrogen and oxygen atoms in total. The minimum Gasteiger partial charge on any atom is -0.454 e. The van der Waals surface area contributed by atoms with Gasteiger partial charge in [0.1, 0.15) is 11.3 Å². The molecule has 124 valence electrons. The standard InChI is InChI=1S/C19H21N3OS/c1-5-14(4)21-22-16(12-24-19(22)20-11-13(2)3)18-10-15-8-6-7-9-17(15)23-18/h6-10,12H,2,5,11H2,1,3-4H3. The third-order valence-corrected chi connectivity index (χ3v) is 4.48. The van der Waals surface area contributed by atoms with E-state index in [-0.39, 0.29) is 0 Å². The number of benzene rings is 1. The Morgan fingerprint density at radius 3 is 2.79 bits per heavy atom. The highest BCUT2D eigenvalue weighted by atomic mass is 32.1. The van der Waals surface area contributed by atoms with Crippen LogP contribution in [0.1, 0.15) is 27.2 Å². The van der Waals surface area contributed by atoms with Crippen LogP contribution in [0.15, 0.2) is 62.4 Å². The quantitative estimate of drug-likeness (QED) is 0.472. The van der Waals surface area contributed by atoms with Crippen LogP contribution in [-0.2, 0) is 0 Å². The van der Waals surface area contributed by atoms with Gasteiger partial charge < -0.3 is 4.42 Å². The number of hydrogen-bond donors (Lipinski definition) is 0. The molecule has 0 atom stereocenters. The van der Waals surface area contributed by atoms with Gasteiger partial charge in [-0.3, -0.25) is 4.99 Å². The Morgan fingerprint density at radius 1 is 1.29 bits per heavy atom. The smallest absolute Gasteiger partial charge is 0.206 e. The minimum absolute atomic E-state index is 0.598. The van der Waals surface area contributed by atoms with E-state index in [1.54, 1.807) is 11.3 Å². The molecule has 0 aliphatic rings. The van der Waals surface area contributed by atoms with Crippen LogP contribution >= 0.6 is 11.3 Å². The molecule has 0 radical (unpaired) electrons. The summed E-state index contributed by atoms with van der Waals surface area (Å²) in [5, 5.41) is 7.85. The topological polar surface area (TPSA) is 42.8 Å². The summed E-state index contributed by atoms with van der Waals surface area (Å²) in [6.07, 6.45) is 0.891. The number of furan rings is 1. The number of rotatable bonds is 5. The van der Waals surface area contributed by atoms with Crippen LogP contribution in [0.5, 0.6) is 0 Å². The zero-order valence-corrected chi connectivity index (χ0v) is 15.1. The highest BCUT2D eigenvalue weighted by molar-refractivity contribution is 7.07. The molecule has 3 rings (SSSR count). The van der Waals surface area contributed by atoms with Crippen LogP contribution in [0.4, 0.5) is 0 Å². The van der Waals surface area contributed by atoms with Crippen molar-refractivity contribution >= 4 is 28.0 Å². The largest absolute Gasteiger partial charge is 0.454 e. The van der Waals surface area contributed by atoms with E-state index in [4.69, 9.17) is 9.52 Å². The lowest BCUT2D eigenvalue weighted by atomic mass is 10.2. The molecule has 0 bridgehead atoms. The van der Waals surface area contributed by atoms with Gasteiger partial charge in [0, 0.05) is 16.5 Å². The summed E-state index contributed by atoms with van der Waals surface area (Å²) < 4.78 is 7.89. The summed E-state index contributed by atoms with van der Waals surface area (Å²) in [5.74, 6) is 0.803. The highest BCUT2D eigenvalue weighted by Gasteiger charge is 2.13. The van der Waals surface area contributed by atoms with Gasteiger partial charge in [0.25, 0.3) is 0 Å². The summed E-state index contributed by atoms with van der Waals surface area (Å²) in [7, 11) is 0. The predicted molar refractivity (Wildman–Crippen MR) is 102 cm³/mol. The maximum atomic E-state index is 6.01. The van der Waals surface area contributed by atoms with E-state index in [9.17, 15) is 0 Å². The second-order valence-corrected chi connectivity index (χ2v) is 6.66. The van der Waals surface area contributed by atoms with Crippen LogP contribution in [0, 0.1) is 0 Å². The second kappa shape index (κ2) is 7.01. The van der Waals surface area contributed by atoms with E-state index in [1.165, 1.54) is 0 Å². The molecule has 3 aromatic rings. The molecule has 2 heterocycles. The van der Waals surface area contributed by atoms with E-state index in [0.29, 0.717) is 6.54 Å². The molecule has 24 heavy (non-hydrogen) atoms. The van der Waals surface area contributed by atoms with E-state index >= 15 is 0 Å². The molecular formula is C19H21N3OS. The van der Waals surface area contributed by atoms with Crippen molar-refractivity contribution in [1.29, 1.82) is 0 Å². The first kappa shape index (κ1) is 16.5. The van der Waals surface area contributed by atoms with Crippen molar-refractivity contribution < 1.29 is 4.42 Å². The average Bonchev–Trinajstić information content (AvgIpc) is 3.16. The van der Waals surface area contributed by atoms with Gasteiger partial charge in [-0.2, -0.15) is 5.10 Å². The van der Waals surface area contributed by atoms with Gasteiger partial charge in [-0.25, -0.2) is 4.68 Å². The molecule has 2 aromatic heterocycles. The molecule has 0 unspecified atom stereocenters. The van der Waals surface area contributed by atoms with Crippen molar-refractivity contribution in [3.63, 3.8) is 0 Å². The molecule has 0 N–H and O–H groups in total. The fourth-order valence-electron chi connectivity index (χ4n) is 2.23. The lowest BCUT2D eigenvalue weighted by Crippen LogP contribution is -2.14. The molecule has 0 saturated carbocycles. The van der Waals surface area contributed by atoms with E-state index in [2.05, 4.69) is 18.5 Å². The lowest BCUT2D eigenvalue weighted by molar-refractivity contribution is 0.621. The van der Waals surface area contributed by atoms with Gasteiger partial charge in [-0.15, -0.1) is 11.3 Å². The summed E-state index contributed by atoms with van der Waals surface area (Å²) >= 11 is 1.56. The number of hydrogen-bond acceptors (Lipinski definition) is 4. The van der Waals surface area contributed by atoms with E-state index < -0.39 is 0 Å².